The molecule has 0 saturated heterocycles. The van der Waals surface area contributed by atoms with Crippen molar-refractivity contribution in [2.75, 3.05) is 0 Å². The van der Waals surface area contributed by atoms with Crippen LogP contribution in [0.1, 0.15) is 65.0 Å². The van der Waals surface area contributed by atoms with Crippen LogP contribution < -0.4 is 5.32 Å². The van der Waals surface area contributed by atoms with Gasteiger partial charge in [-0.2, -0.15) is 0 Å². The van der Waals surface area contributed by atoms with Crippen molar-refractivity contribution >= 4 is 0 Å². The number of benzene rings is 1. The van der Waals surface area contributed by atoms with E-state index >= 15 is 0 Å². The van der Waals surface area contributed by atoms with Crippen molar-refractivity contribution in [3.8, 4) is 0 Å². The highest BCUT2D eigenvalue weighted by atomic mass is 19.1. The van der Waals surface area contributed by atoms with Gasteiger partial charge in [-0.3, -0.25) is 0 Å². The third kappa shape index (κ3) is 4.54. The summed E-state index contributed by atoms with van der Waals surface area (Å²) in [6, 6.07) is 7.92. The van der Waals surface area contributed by atoms with Gasteiger partial charge in [0.15, 0.2) is 0 Å². The molecule has 0 heterocycles. The summed E-state index contributed by atoms with van der Waals surface area (Å²) >= 11 is 0. The molecule has 1 aromatic carbocycles. The van der Waals surface area contributed by atoms with Crippen LogP contribution in [0, 0.1) is 23.6 Å². The van der Waals surface area contributed by atoms with Crippen molar-refractivity contribution in [1.29, 1.82) is 0 Å². The Hall–Kier alpha value is -0.890. The molecular weight excluding hydrogens is 261 g/mol. The molecule has 0 radical (unpaired) electrons. The van der Waals surface area contributed by atoms with Gasteiger partial charge in [0.1, 0.15) is 5.82 Å². The van der Waals surface area contributed by atoms with Gasteiger partial charge in [0.05, 0.1) is 0 Å². The predicted molar refractivity (Wildman–Crippen MR) is 87.7 cm³/mol. The second kappa shape index (κ2) is 7.40. The second-order valence-electron chi connectivity index (χ2n) is 7.30. The zero-order chi connectivity index (χ0) is 15.4. The Bertz CT molecular complexity index is 416. The van der Waals surface area contributed by atoms with Gasteiger partial charge in [0, 0.05) is 12.1 Å². The highest BCUT2D eigenvalue weighted by Gasteiger charge is 2.26. The van der Waals surface area contributed by atoms with Crippen LogP contribution in [0.2, 0.25) is 0 Å². The minimum atomic E-state index is -0.154. The SMILES string of the molecule is CC(C)C1CCC(NC(c2ccc(F)cc2)C(C)C)CC1. The minimum absolute atomic E-state index is 0.154. The smallest absolute Gasteiger partial charge is 0.123 e. The van der Waals surface area contributed by atoms with Gasteiger partial charge in [0.2, 0.25) is 0 Å². The first kappa shape index (κ1) is 16.5. The number of halogens is 1. The van der Waals surface area contributed by atoms with Gasteiger partial charge >= 0.3 is 0 Å². The Morgan fingerprint density at radius 3 is 2.00 bits per heavy atom. The molecule has 1 unspecified atom stereocenters. The quantitative estimate of drug-likeness (QED) is 0.773. The van der Waals surface area contributed by atoms with Crippen molar-refractivity contribution in [2.45, 2.75) is 65.5 Å². The third-order valence-corrected chi connectivity index (χ3v) is 5.03. The van der Waals surface area contributed by atoms with E-state index in [0.717, 1.165) is 11.8 Å². The third-order valence-electron chi connectivity index (χ3n) is 5.03. The molecule has 118 valence electrons. The van der Waals surface area contributed by atoms with Crippen LogP contribution in [0.15, 0.2) is 24.3 Å². The highest BCUT2D eigenvalue weighted by molar-refractivity contribution is 5.20. The Labute approximate surface area is 129 Å². The second-order valence-corrected chi connectivity index (χ2v) is 7.30. The number of rotatable bonds is 5. The van der Waals surface area contributed by atoms with E-state index in [9.17, 15) is 4.39 Å². The van der Waals surface area contributed by atoms with Crippen LogP contribution in [0.5, 0.6) is 0 Å². The summed E-state index contributed by atoms with van der Waals surface area (Å²) in [6.07, 6.45) is 5.22. The Morgan fingerprint density at radius 1 is 0.952 bits per heavy atom. The monoisotopic (exact) mass is 291 g/mol. The maximum absolute atomic E-state index is 13.1. The molecular formula is C19H30FN. The lowest BCUT2D eigenvalue weighted by molar-refractivity contribution is 0.218. The molecule has 0 aromatic heterocycles. The summed E-state index contributed by atoms with van der Waals surface area (Å²) in [5.74, 6) is 2.06. The summed E-state index contributed by atoms with van der Waals surface area (Å²) in [5.41, 5.74) is 1.21. The number of nitrogens with one attached hydrogen (secondary N) is 1. The van der Waals surface area contributed by atoms with Gasteiger partial charge in [-0.15, -0.1) is 0 Å². The standard InChI is InChI=1S/C19H30FN/c1-13(2)15-7-11-18(12-8-15)21-19(14(3)4)16-5-9-17(20)10-6-16/h5-6,9-10,13-15,18-19,21H,7-8,11-12H2,1-4H3. The molecule has 2 heteroatoms. The Kier molecular flexibility index (Phi) is 5.80. The fraction of sp³-hybridized carbons (Fsp3) is 0.684. The first-order valence-electron chi connectivity index (χ1n) is 8.49. The summed E-state index contributed by atoms with van der Waals surface area (Å²) in [6.45, 7) is 9.16. The molecule has 0 aliphatic heterocycles. The lowest BCUT2D eigenvalue weighted by Gasteiger charge is -2.35. The van der Waals surface area contributed by atoms with Crippen molar-refractivity contribution in [3.63, 3.8) is 0 Å². The number of hydrogen-bond acceptors (Lipinski definition) is 1. The van der Waals surface area contributed by atoms with E-state index in [0.29, 0.717) is 18.0 Å². The molecule has 0 bridgehead atoms. The summed E-state index contributed by atoms with van der Waals surface area (Å²) < 4.78 is 13.1. The van der Waals surface area contributed by atoms with Crippen molar-refractivity contribution in [1.82, 2.24) is 5.32 Å². The van der Waals surface area contributed by atoms with Crippen LogP contribution in [0.4, 0.5) is 4.39 Å². The summed E-state index contributed by atoms with van der Waals surface area (Å²) in [5, 5.41) is 3.83. The first-order valence-corrected chi connectivity index (χ1v) is 8.49. The maximum atomic E-state index is 13.1. The van der Waals surface area contributed by atoms with E-state index in [1.165, 1.54) is 31.2 Å². The van der Waals surface area contributed by atoms with E-state index in [4.69, 9.17) is 0 Å². The minimum Gasteiger partial charge on any atom is -0.307 e. The Morgan fingerprint density at radius 2 is 1.52 bits per heavy atom. The van der Waals surface area contributed by atoms with Gasteiger partial charge < -0.3 is 5.32 Å². The average Bonchev–Trinajstić information content (AvgIpc) is 2.46. The largest absolute Gasteiger partial charge is 0.307 e. The molecule has 1 saturated carbocycles. The first-order chi connectivity index (χ1) is 9.97. The van der Waals surface area contributed by atoms with Gasteiger partial charge in [-0.1, -0.05) is 39.8 Å². The van der Waals surface area contributed by atoms with Crippen LogP contribution in [0.3, 0.4) is 0 Å². The van der Waals surface area contributed by atoms with Crippen molar-refractivity contribution in [2.24, 2.45) is 17.8 Å². The molecule has 1 fully saturated rings. The topological polar surface area (TPSA) is 12.0 Å². The van der Waals surface area contributed by atoms with Crippen LogP contribution >= 0.6 is 0 Å². The molecule has 21 heavy (non-hydrogen) atoms. The fourth-order valence-corrected chi connectivity index (χ4v) is 3.55. The molecule has 1 atom stereocenters. The lowest BCUT2D eigenvalue weighted by Crippen LogP contribution is -2.38. The van der Waals surface area contributed by atoms with Gasteiger partial charge in [0.25, 0.3) is 0 Å². The van der Waals surface area contributed by atoms with Crippen LogP contribution in [0.25, 0.3) is 0 Å². The molecule has 1 N–H and O–H groups in total. The molecule has 1 aliphatic rings. The summed E-state index contributed by atoms with van der Waals surface area (Å²) in [7, 11) is 0. The molecule has 1 nitrogen and oxygen atoms in total. The van der Waals surface area contributed by atoms with Gasteiger partial charge in [-0.25, -0.2) is 4.39 Å². The normalized spacial score (nSPS) is 24.5. The predicted octanol–water partition coefficient (Wildman–Crippen LogP) is 5.33. The zero-order valence-electron chi connectivity index (χ0n) is 13.9. The number of hydrogen-bond donors (Lipinski definition) is 1. The highest BCUT2D eigenvalue weighted by Crippen LogP contribution is 2.32. The zero-order valence-corrected chi connectivity index (χ0v) is 13.9. The van der Waals surface area contributed by atoms with E-state index in [1.807, 2.05) is 12.1 Å². The average molecular weight is 291 g/mol. The van der Waals surface area contributed by atoms with Crippen LogP contribution in [-0.2, 0) is 0 Å². The van der Waals surface area contributed by atoms with E-state index in [-0.39, 0.29) is 5.82 Å². The van der Waals surface area contributed by atoms with Gasteiger partial charge in [-0.05, 0) is 61.1 Å². The Balaban J connectivity index is 1.96. The fourth-order valence-electron chi connectivity index (χ4n) is 3.55. The molecule has 1 aromatic rings. The molecule has 1 aliphatic carbocycles. The molecule has 0 amide bonds. The van der Waals surface area contributed by atoms with Crippen molar-refractivity contribution in [3.05, 3.63) is 35.6 Å². The molecule has 2 rings (SSSR count). The maximum Gasteiger partial charge on any atom is 0.123 e. The van der Waals surface area contributed by atoms with E-state index in [2.05, 4.69) is 33.0 Å². The summed E-state index contributed by atoms with van der Waals surface area (Å²) in [4.78, 5) is 0. The van der Waals surface area contributed by atoms with Crippen molar-refractivity contribution < 1.29 is 4.39 Å². The van der Waals surface area contributed by atoms with E-state index < -0.39 is 0 Å². The van der Waals surface area contributed by atoms with E-state index in [1.54, 1.807) is 12.1 Å². The van der Waals surface area contributed by atoms with Crippen LogP contribution in [-0.4, -0.2) is 6.04 Å². The lowest BCUT2D eigenvalue weighted by atomic mass is 9.79. The molecule has 0 spiro atoms.